The summed E-state index contributed by atoms with van der Waals surface area (Å²) in [6.45, 7) is 3.33. The zero-order valence-electron chi connectivity index (χ0n) is 23.1. The number of nitrogens with two attached hydrogens (primary N) is 1. The van der Waals surface area contributed by atoms with Gasteiger partial charge in [0.25, 0.3) is 0 Å². The summed E-state index contributed by atoms with van der Waals surface area (Å²) in [5, 5.41) is 26.2. The van der Waals surface area contributed by atoms with E-state index in [0.717, 1.165) is 49.8 Å². The van der Waals surface area contributed by atoms with Gasteiger partial charge >= 0.3 is 6.01 Å². The summed E-state index contributed by atoms with van der Waals surface area (Å²) < 4.78 is 22.8. The average molecular weight is 593 g/mol. The number of rotatable bonds is 6. The smallest absolute Gasteiger partial charge is 0.320 e. The Labute approximate surface area is 248 Å². The van der Waals surface area contributed by atoms with Gasteiger partial charge in [-0.15, -0.1) is 0 Å². The van der Waals surface area contributed by atoms with E-state index in [4.69, 9.17) is 27.1 Å². The van der Waals surface area contributed by atoms with Gasteiger partial charge in [0.15, 0.2) is 12.0 Å². The van der Waals surface area contributed by atoms with E-state index >= 15 is 4.39 Å². The number of nitrogens with zero attached hydrogens (tertiary/aromatic N) is 4. The monoisotopic (exact) mass is 592 g/mol. The molecule has 0 amide bonds. The molecular weight excluding hydrogens is 559 g/mol. The highest BCUT2D eigenvalue weighted by molar-refractivity contribution is 6.35. The second-order valence-corrected chi connectivity index (χ2v) is 12.1. The number of aliphatic hydroxyl groups is 1. The molecule has 4 heterocycles. The van der Waals surface area contributed by atoms with Crippen LogP contribution in [-0.2, 0) is 0 Å². The summed E-state index contributed by atoms with van der Waals surface area (Å²) in [6.07, 6.45) is 2.50. The Hall–Kier alpha value is -3.28. The Kier molecular flexibility index (Phi) is 7.27. The first-order chi connectivity index (χ1) is 20.3. The molecule has 0 saturated carbocycles. The molecule has 9 nitrogen and oxygen atoms in total. The van der Waals surface area contributed by atoms with E-state index < -0.39 is 12.0 Å². The summed E-state index contributed by atoms with van der Waals surface area (Å²) in [4.78, 5) is 13.6. The van der Waals surface area contributed by atoms with Gasteiger partial charge in [0.2, 0.25) is 0 Å². The minimum Gasteiger partial charge on any atom is -0.508 e. The molecule has 3 atom stereocenters. The number of phenolic OH excluding ortho intramolecular Hbond substituents is 1. The van der Waals surface area contributed by atoms with Crippen LogP contribution in [-0.4, -0.2) is 82.2 Å². The number of aromatic hydroxyl groups is 1. The number of anilines is 1. The van der Waals surface area contributed by atoms with Gasteiger partial charge in [-0.05, 0) is 60.2 Å². The van der Waals surface area contributed by atoms with E-state index in [1.54, 1.807) is 12.1 Å². The van der Waals surface area contributed by atoms with Gasteiger partial charge in [-0.1, -0.05) is 35.9 Å². The lowest BCUT2D eigenvalue weighted by atomic mass is 9.96. The van der Waals surface area contributed by atoms with Crippen molar-refractivity contribution in [3.8, 4) is 22.9 Å². The van der Waals surface area contributed by atoms with Crippen molar-refractivity contribution >= 4 is 39.1 Å². The number of likely N-dealkylation sites (tertiary alicyclic amines) is 1. The molecule has 0 spiro atoms. The van der Waals surface area contributed by atoms with Gasteiger partial charge in [0.1, 0.15) is 17.1 Å². The number of aromatic nitrogens is 2. The number of nitrogens with one attached hydrogen (secondary N) is 1. The molecule has 11 heteroatoms. The SMILES string of the molecule is N[C@H](CN1CCC(O)CC1)Oc1nc(N2CC3CCC(C2)N3)c2cc(Cl)c(-c3cc(O)cc4ccccc34)c(F)c2n1. The maximum Gasteiger partial charge on any atom is 0.320 e. The van der Waals surface area contributed by atoms with Crippen LogP contribution >= 0.6 is 11.6 Å². The maximum absolute atomic E-state index is 16.7. The number of halogens is 2. The number of fused-ring (bicyclic) bond motifs is 4. The Balaban J connectivity index is 1.33. The highest BCUT2D eigenvalue weighted by atomic mass is 35.5. The van der Waals surface area contributed by atoms with Gasteiger partial charge in [-0.3, -0.25) is 10.6 Å². The second kappa shape index (κ2) is 11.1. The number of aliphatic hydroxyl groups excluding tert-OH is 1. The first-order valence-electron chi connectivity index (χ1n) is 14.6. The number of hydrogen-bond acceptors (Lipinski definition) is 9. The third kappa shape index (κ3) is 5.22. The Morgan fingerprint density at radius 1 is 1.05 bits per heavy atom. The molecule has 42 heavy (non-hydrogen) atoms. The van der Waals surface area contributed by atoms with Crippen molar-refractivity contribution in [1.29, 1.82) is 0 Å². The Bertz CT molecular complexity index is 1640. The number of piperidine rings is 1. The van der Waals surface area contributed by atoms with Crippen molar-refractivity contribution in [2.75, 3.05) is 37.6 Å². The fourth-order valence-electron chi connectivity index (χ4n) is 6.70. The standard InChI is InChI=1S/C31H34ClFN6O3/c32-25-13-24-29(28(33)27(25)23-12-21(41)11-17-3-1-2-4-22(17)23)36-31(42-26(34)16-38-9-7-20(40)8-10-38)37-30(24)39-14-18-5-6-19(15-39)35-18/h1-4,11-13,18-20,26,35,40-41H,5-10,14-16,34H2/t18?,19?,26-/m0/s1. The number of hydrogen-bond donors (Lipinski definition) is 4. The van der Waals surface area contributed by atoms with E-state index in [0.29, 0.717) is 48.2 Å². The van der Waals surface area contributed by atoms with E-state index in [9.17, 15) is 10.2 Å². The molecule has 0 radical (unpaired) electrons. The van der Waals surface area contributed by atoms with Crippen molar-refractivity contribution in [1.82, 2.24) is 20.2 Å². The number of benzene rings is 3. The summed E-state index contributed by atoms with van der Waals surface area (Å²) in [5.74, 6) is -0.0348. The lowest BCUT2D eigenvalue weighted by Gasteiger charge is -2.34. The van der Waals surface area contributed by atoms with Gasteiger partial charge in [-0.2, -0.15) is 9.97 Å². The molecule has 3 aromatic carbocycles. The highest BCUT2D eigenvalue weighted by Gasteiger charge is 2.34. The summed E-state index contributed by atoms with van der Waals surface area (Å²) in [6, 6.07) is 13.0. The minimum atomic E-state index is -0.741. The predicted octanol–water partition coefficient (Wildman–Crippen LogP) is 4.01. The summed E-state index contributed by atoms with van der Waals surface area (Å²) in [7, 11) is 0. The molecule has 7 rings (SSSR count). The molecule has 2 bridgehead atoms. The number of piperazine rings is 1. The summed E-state index contributed by atoms with van der Waals surface area (Å²) >= 11 is 6.84. The lowest BCUT2D eigenvalue weighted by Crippen LogP contribution is -2.51. The quantitative estimate of drug-likeness (QED) is 0.246. The van der Waals surface area contributed by atoms with E-state index in [1.165, 1.54) is 6.07 Å². The van der Waals surface area contributed by atoms with Crippen molar-refractivity contribution in [3.63, 3.8) is 0 Å². The third-order valence-electron chi connectivity index (χ3n) is 8.73. The molecule has 5 N–H and O–H groups in total. The van der Waals surface area contributed by atoms with Gasteiger partial charge in [-0.25, -0.2) is 4.39 Å². The molecule has 3 fully saturated rings. The highest BCUT2D eigenvalue weighted by Crippen LogP contribution is 2.43. The fourth-order valence-corrected chi connectivity index (χ4v) is 7.00. The van der Waals surface area contributed by atoms with E-state index in [1.807, 2.05) is 24.3 Å². The van der Waals surface area contributed by atoms with Crippen molar-refractivity contribution in [2.45, 2.75) is 50.1 Å². The van der Waals surface area contributed by atoms with Gasteiger partial charge < -0.3 is 25.2 Å². The second-order valence-electron chi connectivity index (χ2n) is 11.7. The number of phenols is 1. The maximum atomic E-state index is 16.7. The Morgan fingerprint density at radius 2 is 1.79 bits per heavy atom. The van der Waals surface area contributed by atoms with Crippen LogP contribution in [0.4, 0.5) is 10.2 Å². The van der Waals surface area contributed by atoms with Crippen LogP contribution in [0.25, 0.3) is 32.8 Å². The van der Waals surface area contributed by atoms with Crippen LogP contribution in [0.3, 0.4) is 0 Å². The van der Waals surface area contributed by atoms with Crippen LogP contribution in [0.5, 0.6) is 11.8 Å². The molecule has 3 saturated heterocycles. The molecule has 3 aliphatic heterocycles. The van der Waals surface area contributed by atoms with Crippen LogP contribution in [0.15, 0.2) is 42.5 Å². The Morgan fingerprint density at radius 3 is 2.55 bits per heavy atom. The van der Waals surface area contributed by atoms with Crippen LogP contribution in [0, 0.1) is 5.82 Å². The predicted molar refractivity (Wildman–Crippen MR) is 162 cm³/mol. The first kappa shape index (κ1) is 27.5. The molecule has 0 aliphatic carbocycles. The largest absolute Gasteiger partial charge is 0.508 e. The van der Waals surface area contributed by atoms with Gasteiger partial charge in [0, 0.05) is 55.8 Å². The molecular formula is C31H34ClFN6O3. The molecule has 1 aromatic heterocycles. The number of ether oxygens (including phenoxy) is 1. The molecule has 2 unspecified atom stereocenters. The zero-order chi connectivity index (χ0) is 29.0. The lowest BCUT2D eigenvalue weighted by molar-refractivity contribution is 0.0570. The van der Waals surface area contributed by atoms with Gasteiger partial charge in [0.05, 0.1) is 11.1 Å². The molecule has 4 aromatic rings. The van der Waals surface area contributed by atoms with Crippen molar-refractivity contribution < 1.29 is 19.3 Å². The average Bonchev–Trinajstić information content (AvgIpc) is 3.31. The van der Waals surface area contributed by atoms with Crippen LogP contribution in [0.2, 0.25) is 5.02 Å². The molecule has 220 valence electrons. The summed E-state index contributed by atoms with van der Waals surface area (Å²) in [5.41, 5.74) is 7.10. The van der Waals surface area contributed by atoms with Crippen molar-refractivity contribution in [3.05, 3.63) is 53.3 Å². The minimum absolute atomic E-state index is 0.000799. The first-order valence-corrected chi connectivity index (χ1v) is 15.0. The normalized spacial score (nSPS) is 22.2. The third-order valence-corrected chi connectivity index (χ3v) is 9.02. The molecule has 3 aliphatic rings. The van der Waals surface area contributed by atoms with Crippen molar-refractivity contribution in [2.24, 2.45) is 5.73 Å². The van der Waals surface area contributed by atoms with Crippen LogP contribution in [0.1, 0.15) is 25.7 Å². The van der Waals surface area contributed by atoms with E-state index in [2.05, 4.69) is 20.1 Å². The topological polar surface area (TPSA) is 120 Å². The fraction of sp³-hybridized carbons (Fsp3) is 0.419. The zero-order valence-corrected chi connectivity index (χ0v) is 23.9. The van der Waals surface area contributed by atoms with E-state index in [-0.39, 0.29) is 34.0 Å². The van der Waals surface area contributed by atoms with Crippen LogP contribution < -0.4 is 20.7 Å².